The van der Waals surface area contributed by atoms with Crippen LogP contribution in [0.5, 0.6) is 0 Å². The maximum absolute atomic E-state index is 12.8. The van der Waals surface area contributed by atoms with Crippen LogP contribution in [0.1, 0.15) is 23.5 Å². The lowest BCUT2D eigenvalue weighted by Gasteiger charge is -2.23. The van der Waals surface area contributed by atoms with Gasteiger partial charge in [0.05, 0.1) is 22.7 Å². The molecule has 0 unspecified atom stereocenters. The smallest absolute Gasteiger partial charge is 0.227 e. The van der Waals surface area contributed by atoms with Crippen LogP contribution in [-0.4, -0.2) is 27.8 Å². The van der Waals surface area contributed by atoms with Crippen molar-refractivity contribution in [2.45, 2.75) is 19.4 Å². The Bertz CT molecular complexity index is 1020. The number of fused-ring (bicyclic) bond motifs is 2. The maximum atomic E-state index is 12.8. The summed E-state index contributed by atoms with van der Waals surface area (Å²) in [5.74, 6) is 0.0940. The van der Waals surface area contributed by atoms with Crippen molar-refractivity contribution in [2.24, 2.45) is 0 Å². The first-order valence-electron chi connectivity index (χ1n) is 8.29. The Kier molecular flexibility index (Phi) is 4.01. The van der Waals surface area contributed by atoms with Crippen molar-refractivity contribution in [1.29, 1.82) is 0 Å². The summed E-state index contributed by atoms with van der Waals surface area (Å²) in [5.41, 5.74) is 3.09. The highest BCUT2D eigenvalue weighted by molar-refractivity contribution is 7.18. The number of carbonyl (C=O) groups excluding carboxylic acids is 1. The number of benzene rings is 2. The number of thiazole rings is 1. The number of carbonyl (C=O) groups is 1. The molecule has 4 aromatic rings. The summed E-state index contributed by atoms with van der Waals surface area (Å²) in [6, 6.07) is 16.1. The molecule has 4 rings (SSSR count). The summed E-state index contributed by atoms with van der Waals surface area (Å²) in [6.45, 7) is 2.03. The number of likely N-dealkylation sites (N-methyl/N-ethyl adjacent to an activating group) is 1. The third-order valence-electron chi connectivity index (χ3n) is 4.66. The second-order valence-corrected chi connectivity index (χ2v) is 7.30. The van der Waals surface area contributed by atoms with Gasteiger partial charge in [-0.3, -0.25) is 4.79 Å². The molecule has 0 spiro atoms. The number of rotatable bonds is 4. The zero-order valence-electron chi connectivity index (χ0n) is 14.2. The van der Waals surface area contributed by atoms with Crippen LogP contribution < -0.4 is 0 Å². The van der Waals surface area contributed by atoms with Crippen LogP contribution >= 0.6 is 11.3 Å². The lowest BCUT2D eigenvalue weighted by molar-refractivity contribution is -0.131. The normalized spacial score (nSPS) is 12.6. The summed E-state index contributed by atoms with van der Waals surface area (Å²) in [5, 5.41) is 2.08. The topological polar surface area (TPSA) is 49.0 Å². The summed E-state index contributed by atoms with van der Waals surface area (Å²) in [6.07, 6.45) is 2.31. The molecule has 0 radical (unpaired) electrons. The molecule has 0 aliphatic carbocycles. The van der Waals surface area contributed by atoms with Gasteiger partial charge < -0.3 is 9.88 Å². The van der Waals surface area contributed by atoms with E-state index in [9.17, 15) is 4.79 Å². The van der Waals surface area contributed by atoms with Crippen molar-refractivity contribution in [3.63, 3.8) is 0 Å². The second kappa shape index (κ2) is 6.33. The molecule has 0 aliphatic rings. The molecule has 25 heavy (non-hydrogen) atoms. The average molecular weight is 349 g/mol. The van der Waals surface area contributed by atoms with E-state index in [1.54, 1.807) is 16.2 Å². The Hall–Kier alpha value is -2.66. The second-order valence-electron chi connectivity index (χ2n) is 6.24. The molecule has 1 amide bonds. The van der Waals surface area contributed by atoms with E-state index in [-0.39, 0.29) is 11.9 Å². The minimum atomic E-state index is -0.0462. The molecule has 2 heterocycles. The molecule has 0 aliphatic heterocycles. The zero-order valence-corrected chi connectivity index (χ0v) is 15.0. The van der Waals surface area contributed by atoms with E-state index in [0.29, 0.717) is 6.42 Å². The Morgan fingerprint density at radius 2 is 1.96 bits per heavy atom. The van der Waals surface area contributed by atoms with E-state index >= 15 is 0 Å². The number of para-hydroxylation sites is 2. The molecule has 2 aromatic heterocycles. The highest BCUT2D eigenvalue weighted by Crippen LogP contribution is 2.29. The van der Waals surface area contributed by atoms with E-state index in [1.165, 1.54) is 0 Å². The van der Waals surface area contributed by atoms with Crippen molar-refractivity contribution in [3.8, 4) is 0 Å². The number of amides is 1. The van der Waals surface area contributed by atoms with E-state index < -0.39 is 0 Å². The highest BCUT2D eigenvalue weighted by atomic mass is 32.1. The van der Waals surface area contributed by atoms with Crippen molar-refractivity contribution < 1.29 is 4.79 Å². The SMILES string of the molecule is C[C@H](c1nc2ccccc2s1)N(C)C(=O)Cc1c[nH]c2ccccc12. The fraction of sp³-hybridized carbons (Fsp3) is 0.200. The van der Waals surface area contributed by atoms with Crippen LogP contribution in [0.25, 0.3) is 21.1 Å². The highest BCUT2D eigenvalue weighted by Gasteiger charge is 2.21. The van der Waals surface area contributed by atoms with Gasteiger partial charge in [0.2, 0.25) is 5.91 Å². The van der Waals surface area contributed by atoms with Crippen LogP contribution in [-0.2, 0) is 11.2 Å². The van der Waals surface area contributed by atoms with Gasteiger partial charge in [-0.15, -0.1) is 11.3 Å². The monoisotopic (exact) mass is 349 g/mol. The minimum absolute atomic E-state index is 0.0462. The average Bonchev–Trinajstić information content (AvgIpc) is 3.25. The van der Waals surface area contributed by atoms with E-state index in [2.05, 4.69) is 16.0 Å². The summed E-state index contributed by atoms with van der Waals surface area (Å²) in [4.78, 5) is 22.5. The number of hydrogen-bond acceptors (Lipinski definition) is 3. The molecule has 0 bridgehead atoms. The van der Waals surface area contributed by atoms with Gasteiger partial charge in [-0.05, 0) is 30.7 Å². The Morgan fingerprint density at radius 3 is 2.80 bits per heavy atom. The molecule has 0 saturated heterocycles. The first-order chi connectivity index (χ1) is 12.1. The van der Waals surface area contributed by atoms with Crippen molar-refractivity contribution in [1.82, 2.24) is 14.9 Å². The Labute approximate surface area is 150 Å². The van der Waals surface area contributed by atoms with E-state index in [4.69, 9.17) is 0 Å². The number of H-pyrrole nitrogens is 1. The molecule has 2 aromatic carbocycles. The quantitative estimate of drug-likeness (QED) is 0.588. The first-order valence-corrected chi connectivity index (χ1v) is 9.11. The number of nitrogens with one attached hydrogen (secondary N) is 1. The van der Waals surface area contributed by atoms with Gasteiger partial charge in [0.15, 0.2) is 0 Å². The Balaban J connectivity index is 1.55. The van der Waals surface area contributed by atoms with Crippen LogP contribution in [0.4, 0.5) is 0 Å². The van der Waals surface area contributed by atoms with Crippen LogP contribution in [0.3, 0.4) is 0 Å². The lowest BCUT2D eigenvalue weighted by atomic mass is 10.1. The summed E-state index contributed by atoms with van der Waals surface area (Å²) in [7, 11) is 1.86. The number of hydrogen-bond donors (Lipinski definition) is 1. The largest absolute Gasteiger partial charge is 0.361 e. The van der Waals surface area contributed by atoms with E-state index in [1.807, 2.05) is 62.6 Å². The third kappa shape index (κ3) is 2.91. The fourth-order valence-electron chi connectivity index (χ4n) is 3.02. The molecule has 1 atom stereocenters. The fourth-order valence-corrected chi connectivity index (χ4v) is 4.08. The minimum Gasteiger partial charge on any atom is -0.361 e. The van der Waals surface area contributed by atoms with Crippen LogP contribution in [0.15, 0.2) is 54.7 Å². The molecular weight excluding hydrogens is 330 g/mol. The standard InChI is InChI=1S/C20H19N3OS/c1-13(20-22-17-9-5-6-10-18(17)25-20)23(2)19(24)11-14-12-21-16-8-4-3-7-15(14)16/h3-10,12-13,21H,11H2,1-2H3/t13-/m1/s1. The van der Waals surface area contributed by atoms with Crippen LogP contribution in [0, 0.1) is 0 Å². The maximum Gasteiger partial charge on any atom is 0.227 e. The number of aromatic nitrogens is 2. The van der Waals surface area contributed by atoms with Gasteiger partial charge in [0.1, 0.15) is 5.01 Å². The first kappa shape index (κ1) is 15.8. The number of nitrogens with zero attached hydrogens (tertiary/aromatic N) is 2. The van der Waals surface area contributed by atoms with Crippen molar-refractivity contribution in [2.75, 3.05) is 7.05 Å². The lowest BCUT2D eigenvalue weighted by Crippen LogP contribution is -2.30. The van der Waals surface area contributed by atoms with Crippen molar-refractivity contribution >= 4 is 38.4 Å². The van der Waals surface area contributed by atoms with Gasteiger partial charge in [-0.25, -0.2) is 4.98 Å². The summed E-state index contributed by atoms with van der Waals surface area (Å²) >= 11 is 1.65. The van der Waals surface area contributed by atoms with Gasteiger partial charge in [-0.1, -0.05) is 30.3 Å². The molecule has 126 valence electrons. The van der Waals surface area contributed by atoms with Gasteiger partial charge >= 0.3 is 0 Å². The van der Waals surface area contributed by atoms with Crippen LogP contribution in [0.2, 0.25) is 0 Å². The Morgan fingerprint density at radius 1 is 1.20 bits per heavy atom. The molecule has 5 heteroatoms. The molecular formula is C20H19N3OS. The molecule has 4 nitrogen and oxygen atoms in total. The number of aromatic amines is 1. The van der Waals surface area contributed by atoms with Crippen molar-refractivity contribution in [3.05, 3.63) is 65.3 Å². The molecule has 1 N–H and O–H groups in total. The molecule has 0 fully saturated rings. The molecule has 0 saturated carbocycles. The van der Waals surface area contributed by atoms with E-state index in [0.717, 1.165) is 31.7 Å². The van der Waals surface area contributed by atoms with Gasteiger partial charge in [0, 0.05) is 24.1 Å². The summed E-state index contributed by atoms with van der Waals surface area (Å²) < 4.78 is 1.15. The third-order valence-corrected chi connectivity index (χ3v) is 5.87. The van der Waals surface area contributed by atoms with Gasteiger partial charge in [0.25, 0.3) is 0 Å². The predicted octanol–water partition coefficient (Wildman–Crippen LogP) is 4.54. The van der Waals surface area contributed by atoms with Gasteiger partial charge in [-0.2, -0.15) is 0 Å². The zero-order chi connectivity index (χ0) is 17.4. The predicted molar refractivity (Wildman–Crippen MR) is 103 cm³/mol.